The molecule has 0 bridgehead atoms. The Bertz CT molecular complexity index is 227. The largest absolute Gasteiger partial charge is 0.229 e. The highest BCUT2D eigenvalue weighted by atomic mass is 32.2. The highest BCUT2D eigenvalue weighted by molar-refractivity contribution is 7.90. The molecule has 1 unspecified atom stereocenters. The molecule has 0 aromatic heterocycles. The summed E-state index contributed by atoms with van der Waals surface area (Å²) in [4.78, 5) is 0. The van der Waals surface area contributed by atoms with E-state index in [1.807, 2.05) is 13.0 Å². The van der Waals surface area contributed by atoms with Gasteiger partial charge in [0.05, 0.1) is 0 Å². The Hall–Kier alpha value is -0.310. The minimum absolute atomic E-state index is 0.314. The van der Waals surface area contributed by atoms with Crippen molar-refractivity contribution in [1.29, 1.82) is 0 Å². The predicted octanol–water partition coefficient (Wildman–Crippen LogP) is 2.02. The monoisotopic (exact) mass is 190 g/mol. The van der Waals surface area contributed by atoms with E-state index in [4.69, 9.17) is 0 Å². The highest BCUT2D eigenvalue weighted by Gasteiger charge is 2.03. The van der Waals surface area contributed by atoms with Crippen LogP contribution < -0.4 is 0 Å². The fourth-order valence-corrected chi connectivity index (χ4v) is 1.78. The standard InChI is InChI=1S/C9H18O2S/c1-4-6-9(2)7-5-8-12(3,10)11/h4,6,9H,5,7-8H2,1-3H3/b6-4-. The summed E-state index contributed by atoms with van der Waals surface area (Å²) in [6.45, 7) is 4.08. The average molecular weight is 190 g/mol. The normalized spacial score (nSPS) is 15.2. The zero-order valence-corrected chi connectivity index (χ0v) is 8.89. The summed E-state index contributed by atoms with van der Waals surface area (Å²) in [5.41, 5.74) is 0. The quantitative estimate of drug-likeness (QED) is 0.622. The van der Waals surface area contributed by atoms with Gasteiger partial charge < -0.3 is 0 Å². The second kappa shape index (κ2) is 5.36. The van der Waals surface area contributed by atoms with E-state index in [1.165, 1.54) is 6.26 Å². The van der Waals surface area contributed by atoms with Crippen molar-refractivity contribution < 1.29 is 8.42 Å². The van der Waals surface area contributed by atoms with Crippen LogP contribution in [0.5, 0.6) is 0 Å². The molecule has 2 nitrogen and oxygen atoms in total. The summed E-state index contributed by atoms with van der Waals surface area (Å²) in [5.74, 6) is 0.811. The summed E-state index contributed by atoms with van der Waals surface area (Å²) >= 11 is 0. The third-order valence-electron chi connectivity index (χ3n) is 1.70. The molecule has 0 saturated heterocycles. The van der Waals surface area contributed by atoms with E-state index in [1.54, 1.807) is 0 Å². The van der Waals surface area contributed by atoms with E-state index in [-0.39, 0.29) is 0 Å². The van der Waals surface area contributed by atoms with Gasteiger partial charge in [-0.15, -0.1) is 0 Å². The molecule has 1 atom stereocenters. The number of hydrogen-bond donors (Lipinski definition) is 0. The lowest BCUT2D eigenvalue weighted by Crippen LogP contribution is -2.04. The molecule has 0 aliphatic heterocycles. The smallest absolute Gasteiger partial charge is 0.147 e. The van der Waals surface area contributed by atoms with Gasteiger partial charge in [-0.3, -0.25) is 0 Å². The van der Waals surface area contributed by atoms with Crippen molar-refractivity contribution in [2.75, 3.05) is 12.0 Å². The maximum atomic E-state index is 10.8. The van der Waals surface area contributed by atoms with Gasteiger partial charge in [0.15, 0.2) is 0 Å². The molecule has 0 amide bonds. The molecule has 0 aromatic carbocycles. The zero-order chi connectivity index (χ0) is 9.61. The van der Waals surface area contributed by atoms with E-state index >= 15 is 0 Å². The van der Waals surface area contributed by atoms with Crippen molar-refractivity contribution in [1.82, 2.24) is 0 Å². The van der Waals surface area contributed by atoms with E-state index in [2.05, 4.69) is 13.0 Å². The minimum Gasteiger partial charge on any atom is -0.229 e. The van der Waals surface area contributed by atoms with Gasteiger partial charge in [0.1, 0.15) is 9.84 Å². The Balaban J connectivity index is 3.57. The summed E-state index contributed by atoms with van der Waals surface area (Å²) in [6, 6.07) is 0. The van der Waals surface area contributed by atoms with E-state index in [0.717, 1.165) is 12.8 Å². The van der Waals surface area contributed by atoms with Gasteiger partial charge in [0, 0.05) is 12.0 Å². The Morgan fingerprint density at radius 1 is 1.42 bits per heavy atom. The second-order valence-corrected chi connectivity index (χ2v) is 5.53. The molecule has 0 saturated carbocycles. The molecule has 0 heterocycles. The SMILES string of the molecule is C/C=C\C(C)CCCS(C)(=O)=O. The second-order valence-electron chi connectivity index (χ2n) is 3.28. The molecule has 0 radical (unpaired) electrons. The highest BCUT2D eigenvalue weighted by Crippen LogP contribution is 2.07. The van der Waals surface area contributed by atoms with Crippen LogP contribution >= 0.6 is 0 Å². The average Bonchev–Trinajstić information content (AvgIpc) is 1.84. The number of hydrogen-bond acceptors (Lipinski definition) is 2. The molecular weight excluding hydrogens is 172 g/mol. The van der Waals surface area contributed by atoms with Crippen molar-refractivity contribution >= 4 is 9.84 Å². The Labute approximate surface area is 75.6 Å². The lowest BCUT2D eigenvalue weighted by Gasteiger charge is -2.03. The molecule has 0 aromatic rings. The van der Waals surface area contributed by atoms with E-state index < -0.39 is 9.84 Å². The van der Waals surface area contributed by atoms with Gasteiger partial charge in [-0.2, -0.15) is 0 Å². The van der Waals surface area contributed by atoms with Gasteiger partial charge in [0.25, 0.3) is 0 Å². The molecule has 12 heavy (non-hydrogen) atoms. The molecule has 0 aliphatic carbocycles. The topological polar surface area (TPSA) is 34.1 Å². The summed E-state index contributed by atoms with van der Waals surface area (Å²) in [5, 5.41) is 0. The van der Waals surface area contributed by atoms with Crippen molar-refractivity contribution in [2.24, 2.45) is 5.92 Å². The van der Waals surface area contributed by atoms with Crippen LogP contribution in [0.1, 0.15) is 26.7 Å². The third-order valence-corrected chi connectivity index (χ3v) is 2.73. The fourth-order valence-electron chi connectivity index (χ4n) is 1.09. The maximum Gasteiger partial charge on any atom is 0.147 e. The lowest BCUT2D eigenvalue weighted by atomic mass is 10.1. The summed E-state index contributed by atoms with van der Waals surface area (Å²) < 4.78 is 21.5. The van der Waals surface area contributed by atoms with Crippen LogP contribution in [-0.4, -0.2) is 20.4 Å². The molecule has 0 fully saturated rings. The van der Waals surface area contributed by atoms with Gasteiger partial charge in [0.2, 0.25) is 0 Å². The van der Waals surface area contributed by atoms with Crippen LogP contribution in [0.3, 0.4) is 0 Å². The molecular formula is C9H18O2S. The van der Waals surface area contributed by atoms with Crippen LogP contribution in [0.4, 0.5) is 0 Å². The minimum atomic E-state index is -2.76. The van der Waals surface area contributed by atoms with Gasteiger partial charge >= 0.3 is 0 Å². The number of allylic oxidation sites excluding steroid dienone is 2. The fraction of sp³-hybridized carbons (Fsp3) is 0.778. The first kappa shape index (κ1) is 11.7. The zero-order valence-electron chi connectivity index (χ0n) is 8.08. The summed E-state index contributed by atoms with van der Waals surface area (Å²) in [7, 11) is -2.76. The first-order valence-corrected chi connectivity index (χ1v) is 6.32. The van der Waals surface area contributed by atoms with Gasteiger partial charge in [-0.1, -0.05) is 19.1 Å². The van der Waals surface area contributed by atoms with Crippen LogP contribution in [0.25, 0.3) is 0 Å². The van der Waals surface area contributed by atoms with Crippen molar-refractivity contribution in [3.8, 4) is 0 Å². The molecule has 0 spiro atoms. The van der Waals surface area contributed by atoms with Crippen LogP contribution in [0, 0.1) is 5.92 Å². The molecule has 72 valence electrons. The third kappa shape index (κ3) is 7.79. The number of sulfone groups is 1. The lowest BCUT2D eigenvalue weighted by molar-refractivity contribution is 0.586. The number of rotatable bonds is 5. The predicted molar refractivity (Wildman–Crippen MR) is 52.9 cm³/mol. The van der Waals surface area contributed by atoms with Gasteiger partial charge in [-0.25, -0.2) is 8.42 Å². The molecule has 0 N–H and O–H groups in total. The Morgan fingerprint density at radius 2 is 2.00 bits per heavy atom. The maximum absolute atomic E-state index is 10.8. The Morgan fingerprint density at radius 3 is 2.42 bits per heavy atom. The van der Waals surface area contributed by atoms with Crippen LogP contribution in [-0.2, 0) is 9.84 Å². The van der Waals surface area contributed by atoms with E-state index in [0.29, 0.717) is 11.7 Å². The first-order valence-electron chi connectivity index (χ1n) is 4.26. The van der Waals surface area contributed by atoms with Crippen molar-refractivity contribution in [2.45, 2.75) is 26.7 Å². The van der Waals surface area contributed by atoms with Crippen LogP contribution in [0.15, 0.2) is 12.2 Å². The molecule has 3 heteroatoms. The Kier molecular flexibility index (Phi) is 5.22. The molecule has 0 aliphatic rings. The van der Waals surface area contributed by atoms with Crippen LogP contribution in [0.2, 0.25) is 0 Å². The van der Waals surface area contributed by atoms with Crippen molar-refractivity contribution in [3.63, 3.8) is 0 Å². The van der Waals surface area contributed by atoms with Gasteiger partial charge in [-0.05, 0) is 25.7 Å². The molecule has 0 rings (SSSR count). The summed E-state index contributed by atoms with van der Waals surface area (Å²) in [6.07, 6.45) is 7.11. The van der Waals surface area contributed by atoms with E-state index in [9.17, 15) is 8.42 Å². The van der Waals surface area contributed by atoms with Crippen molar-refractivity contribution in [3.05, 3.63) is 12.2 Å². The first-order chi connectivity index (χ1) is 5.45.